The number of nitrogens with zero attached hydrogens (tertiary/aromatic N) is 2. The number of carbonyl (C=O) groups excluding carboxylic acids is 1. The zero-order valence-corrected chi connectivity index (χ0v) is 14.8. The second-order valence-electron chi connectivity index (χ2n) is 5.75. The third kappa shape index (κ3) is 4.83. The minimum Gasteiger partial charge on any atom is -0.508 e. The zero-order valence-electron chi connectivity index (χ0n) is 13.1. The first kappa shape index (κ1) is 18.5. The normalized spacial score (nSPS) is 15.7. The number of phenolic OH excluding ortho intramolecular Hbond substituents is 1. The van der Waals surface area contributed by atoms with Crippen molar-refractivity contribution in [2.75, 3.05) is 24.1 Å². The smallest absolute Gasteiger partial charge is 0.227 e. The highest BCUT2D eigenvalue weighted by Crippen LogP contribution is 2.23. The Kier molecular flexibility index (Phi) is 6.42. The van der Waals surface area contributed by atoms with Crippen LogP contribution in [0.5, 0.6) is 5.75 Å². The number of hydrogen-bond acceptors (Lipinski definition) is 6. The Morgan fingerprint density at radius 2 is 2.00 bits per heavy atom. The van der Waals surface area contributed by atoms with Gasteiger partial charge in [-0.1, -0.05) is 0 Å². The molecular formula is C16H21ClN4O2S. The number of hydrogen-bond donors (Lipinski definition) is 3. The molecule has 1 aromatic heterocycles. The molecule has 0 bridgehead atoms. The highest BCUT2D eigenvalue weighted by atomic mass is 35.5. The summed E-state index contributed by atoms with van der Waals surface area (Å²) in [6.45, 7) is 2.64. The summed E-state index contributed by atoms with van der Waals surface area (Å²) in [6.07, 6.45) is 3.51. The molecular weight excluding hydrogens is 348 g/mol. The molecule has 1 saturated heterocycles. The van der Waals surface area contributed by atoms with Crippen LogP contribution < -0.4 is 11.1 Å². The van der Waals surface area contributed by atoms with Crippen LogP contribution in [0.25, 0.3) is 0 Å². The van der Waals surface area contributed by atoms with E-state index in [9.17, 15) is 9.90 Å². The molecule has 2 heterocycles. The summed E-state index contributed by atoms with van der Waals surface area (Å²) in [5.41, 5.74) is 6.37. The van der Waals surface area contributed by atoms with E-state index in [1.807, 2.05) is 6.20 Å². The van der Waals surface area contributed by atoms with Crippen LogP contribution in [0.1, 0.15) is 17.7 Å². The zero-order chi connectivity index (χ0) is 16.2. The fourth-order valence-electron chi connectivity index (χ4n) is 2.76. The number of nitrogens with one attached hydrogen (secondary N) is 1. The SMILES string of the molecule is Cl.Nc1ncc(CN2CCC(C(=O)Nc3ccc(O)cc3)CC2)s1. The van der Waals surface area contributed by atoms with Crippen LogP contribution in [-0.4, -0.2) is 34.0 Å². The lowest BCUT2D eigenvalue weighted by Gasteiger charge is -2.30. The molecule has 0 saturated carbocycles. The maximum atomic E-state index is 12.3. The molecule has 130 valence electrons. The van der Waals surface area contributed by atoms with Gasteiger partial charge in [-0.2, -0.15) is 0 Å². The van der Waals surface area contributed by atoms with Crippen LogP contribution in [-0.2, 0) is 11.3 Å². The van der Waals surface area contributed by atoms with E-state index in [-0.39, 0.29) is 30.0 Å². The number of nitrogens with two attached hydrogens (primary N) is 1. The monoisotopic (exact) mass is 368 g/mol. The van der Waals surface area contributed by atoms with Crippen molar-refractivity contribution in [3.05, 3.63) is 35.3 Å². The first-order chi connectivity index (χ1) is 11.1. The van der Waals surface area contributed by atoms with Gasteiger partial charge in [-0.25, -0.2) is 4.98 Å². The average molecular weight is 369 g/mol. The lowest BCUT2D eigenvalue weighted by molar-refractivity contribution is -0.121. The van der Waals surface area contributed by atoms with E-state index in [0.717, 1.165) is 43.0 Å². The van der Waals surface area contributed by atoms with Gasteiger partial charge in [0.05, 0.1) is 0 Å². The Morgan fingerprint density at radius 3 is 2.58 bits per heavy atom. The summed E-state index contributed by atoms with van der Waals surface area (Å²) in [5, 5.41) is 12.8. The number of amides is 1. The fourth-order valence-corrected chi connectivity index (χ4v) is 3.49. The predicted octanol–water partition coefficient (Wildman–Crippen LogP) is 2.70. The minimum absolute atomic E-state index is 0. The Balaban J connectivity index is 0.00000208. The lowest BCUT2D eigenvalue weighted by Crippen LogP contribution is -2.37. The van der Waals surface area contributed by atoms with Crippen molar-refractivity contribution >= 4 is 40.5 Å². The van der Waals surface area contributed by atoms with Gasteiger partial charge in [0.25, 0.3) is 0 Å². The number of benzene rings is 1. The van der Waals surface area contributed by atoms with E-state index in [1.165, 1.54) is 11.3 Å². The summed E-state index contributed by atoms with van der Waals surface area (Å²) in [7, 11) is 0. The molecule has 24 heavy (non-hydrogen) atoms. The Morgan fingerprint density at radius 1 is 1.33 bits per heavy atom. The summed E-state index contributed by atoms with van der Waals surface area (Å²) >= 11 is 1.52. The van der Waals surface area contributed by atoms with Crippen LogP contribution in [0.15, 0.2) is 30.5 Å². The van der Waals surface area contributed by atoms with Crippen molar-refractivity contribution in [2.45, 2.75) is 19.4 Å². The van der Waals surface area contributed by atoms with Crippen LogP contribution in [0.2, 0.25) is 0 Å². The molecule has 0 radical (unpaired) electrons. The van der Waals surface area contributed by atoms with Gasteiger partial charge in [-0.3, -0.25) is 9.69 Å². The number of phenols is 1. The molecule has 6 nitrogen and oxygen atoms in total. The number of carbonyl (C=O) groups is 1. The number of anilines is 2. The van der Waals surface area contributed by atoms with Crippen molar-refractivity contribution in [1.29, 1.82) is 0 Å². The number of thiazole rings is 1. The van der Waals surface area contributed by atoms with Crippen LogP contribution in [0.3, 0.4) is 0 Å². The van der Waals surface area contributed by atoms with Gasteiger partial charge >= 0.3 is 0 Å². The fraction of sp³-hybridized carbons (Fsp3) is 0.375. The topological polar surface area (TPSA) is 91.5 Å². The largest absolute Gasteiger partial charge is 0.508 e. The first-order valence-corrected chi connectivity index (χ1v) is 8.44. The van der Waals surface area contributed by atoms with E-state index >= 15 is 0 Å². The van der Waals surface area contributed by atoms with Crippen LogP contribution in [0.4, 0.5) is 10.8 Å². The molecule has 4 N–H and O–H groups in total. The summed E-state index contributed by atoms with van der Waals surface area (Å²) in [5.74, 6) is 0.281. The number of halogens is 1. The predicted molar refractivity (Wildman–Crippen MR) is 98.5 cm³/mol. The van der Waals surface area contributed by atoms with E-state index in [0.29, 0.717) is 5.13 Å². The maximum absolute atomic E-state index is 12.3. The molecule has 3 rings (SSSR count). The lowest BCUT2D eigenvalue weighted by atomic mass is 9.96. The molecule has 0 spiro atoms. The molecule has 2 aromatic rings. The van der Waals surface area contributed by atoms with Crippen LogP contribution >= 0.6 is 23.7 Å². The van der Waals surface area contributed by atoms with Crippen molar-refractivity contribution in [3.63, 3.8) is 0 Å². The van der Waals surface area contributed by atoms with E-state index in [1.54, 1.807) is 24.3 Å². The summed E-state index contributed by atoms with van der Waals surface area (Å²) < 4.78 is 0. The van der Waals surface area contributed by atoms with Gasteiger partial charge in [0, 0.05) is 29.2 Å². The Labute approximate surface area is 151 Å². The molecule has 0 aliphatic carbocycles. The number of likely N-dealkylation sites (tertiary alicyclic amines) is 1. The number of rotatable bonds is 4. The summed E-state index contributed by atoms with van der Waals surface area (Å²) in [6, 6.07) is 6.55. The highest BCUT2D eigenvalue weighted by Gasteiger charge is 2.25. The molecule has 1 amide bonds. The van der Waals surface area contributed by atoms with Crippen molar-refractivity contribution in [1.82, 2.24) is 9.88 Å². The van der Waals surface area contributed by atoms with Gasteiger partial charge < -0.3 is 16.2 Å². The van der Waals surface area contributed by atoms with Gasteiger partial charge in [-0.05, 0) is 50.2 Å². The third-order valence-corrected chi connectivity index (χ3v) is 4.86. The van der Waals surface area contributed by atoms with Crippen molar-refractivity contribution in [2.24, 2.45) is 5.92 Å². The van der Waals surface area contributed by atoms with Crippen molar-refractivity contribution in [3.8, 4) is 5.75 Å². The van der Waals surface area contributed by atoms with E-state index < -0.39 is 0 Å². The molecule has 1 aromatic carbocycles. The molecule has 0 atom stereocenters. The Hall–Kier alpha value is -1.83. The molecule has 8 heteroatoms. The number of piperidine rings is 1. The average Bonchev–Trinajstić information content (AvgIpc) is 2.95. The number of aromatic nitrogens is 1. The molecule has 1 aliphatic heterocycles. The highest BCUT2D eigenvalue weighted by molar-refractivity contribution is 7.15. The van der Waals surface area contributed by atoms with Crippen molar-refractivity contribution < 1.29 is 9.90 Å². The summed E-state index contributed by atoms with van der Waals surface area (Å²) in [4.78, 5) is 19.9. The van der Waals surface area contributed by atoms with Gasteiger partial charge in [0.15, 0.2) is 5.13 Å². The van der Waals surface area contributed by atoms with Crippen LogP contribution in [0, 0.1) is 5.92 Å². The maximum Gasteiger partial charge on any atom is 0.227 e. The van der Waals surface area contributed by atoms with Gasteiger partial charge in [0.2, 0.25) is 5.91 Å². The molecule has 1 aliphatic rings. The third-order valence-electron chi connectivity index (χ3n) is 4.04. The first-order valence-electron chi connectivity index (χ1n) is 7.62. The molecule has 0 unspecified atom stereocenters. The standard InChI is InChI=1S/C16H20N4O2S.ClH/c17-16-18-9-14(23-16)10-20-7-5-11(6-8-20)15(22)19-12-1-3-13(21)4-2-12;/h1-4,9,11,21H,5-8,10H2,(H2,17,18)(H,19,22);1H. The van der Waals surface area contributed by atoms with E-state index in [2.05, 4.69) is 15.2 Å². The van der Waals surface area contributed by atoms with E-state index in [4.69, 9.17) is 5.73 Å². The van der Waals surface area contributed by atoms with Gasteiger partial charge in [0.1, 0.15) is 5.75 Å². The molecule has 1 fully saturated rings. The van der Waals surface area contributed by atoms with Gasteiger partial charge in [-0.15, -0.1) is 23.7 Å². The quantitative estimate of drug-likeness (QED) is 0.722. The minimum atomic E-state index is 0. The number of aromatic hydroxyl groups is 1. The Bertz CT molecular complexity index is 669. The number of nitrogen functional groups attached to an aromatic ring is 1. The second-order valence-corrected chi connectivity index (χ2v) is 6.90. The second kappa shape index (κ2) is 8.32.